The fraction of sp³-hybridized carbons (Fsp3) is 0.0625. The molecule has 0 saturated carbocycles. The summed E-state index contributed by atoms with van der Waals surface area (Å²) in [6, 6.07) is 14.2. The van der Waals surface area contributed by atoms with Crippen LogP contribution in [-0.2, 0) is 9.84 Å². The van der Waals surface area contributed by atoms with E-state index in [9.17, 15) is 8.42 Å². The van der Waals surface area contributed by atoms with Gasteiger partial charge in [-0.2, -0.15) is 5.26 Å². The minimum absolute atomic E-state index is 0.00198. The Morgan fingerprint density at radius 2 is 1.96 bits per heavy atom. The second-order valence-electron chi connectivity index (χ2n) is 4.45. The molecule has 23 heavy (non-hydrogen) atoms. The SMILES string of the molecule is COc1cccc(N/C=C(/C#N)S(=O)(=O)c2ccc(Cl)cc2)c1. The molecule has 0 spiro atoms. The number of allylic oxidation sites excluding steroid dienone is 1. The first-order chi connectivity index (χ1) is 11.0. The predicted molar refractivity (Wildman–Crippen MR) is 89.0 cm³/mol. The van der Waals surface area contributed by atoms with Crippen LogP contribution in [0.4, 0.5) is 5.69 Å². The largest absolute Gasteiger partial charge is 0.497 e. The van der Waals surface area contributed by atoms with Crippen LogP contribution in [0.25, 0.3) is 0 Å². The van der Waals surface area contributed by atoms with Crippen molar-refractivity contribution in [3.05, 3.63) is 64.7 Å². The molecule has 0 aliphatic rings. The van der Waals surface area contributed by atoms with E-state index in [4.69, 9.17) is 21.6 Å². The molecule has 0 aliphatic heterocycles. The van der Waals surface area contributed by atoms with Gasteiger partial charge in [-0.25, -0.2) is 8.42 Å². The molecule has 0 bridgehead atoms. The van der Waals surface area contributed by atoms with Gasteiger partial charge in [0.25, 0.3) is 0 Å². The first kappa shape index (κ1) is 16.9. The Morgan fingerprint density at radius 3 is 2.57 bits per heavy atom. The van der Waals surface area contributed by atoms with Gasteiger partial charge in [-0.3, -0.25) is 0 Å². The summed E-state index contributed by atoms with van der Waals surface area (Å²) in [5.74, 6) is 0.613. The summed E-state index contributed by atoms with van der Waals surface area (Å²) in [7, 11) is -2.38. The molecule has 0 heterocycles. The summed E-state index contributed by atoms with van der Waals surface area (Å²) in [6.07, 6.45) is 1.15. The predicted octanol–water partition coefficient (Wildman–Crippen LogP) is 3.60. The number of ether oxygens (including phenoxy) is 1. The van der Waals surface area contributed by atoms with E-state index in [0.29, 0.717) is 16.5 Å². The lowest BCUT2D eigenvalue weighted by Gasteiger charge is -2.06. The summed E-state index contributed by atoms with van der Waals surface area (Å²) >= 11 is 5.75. The van der Waals surface area contributed by atoms with Gasteiger partial charge in [0.05, 0.1) is 12.0 Å². The molecule has 5 nitrogen and oxygen atoms in total. The fourth-order valence-electron chi connectivity index (χ4n) is 1.77. The number of nitrogens with zero attached hydrogens (tertiary/aromatic N) is 1. The quantitative estimate of drug-likeness (QED) is 0.835. The smallest absolute Gasteiger partial charge is 0.218 e. The Hall–Kier alpha value is -2.49. The highest BCUT2D eigenvalue weighted by Crippen LogP contribution is 2.22. The second kappa shape index (κ2) is 7.18. The summed E-state index contributed by atoms with van der Waals surface area (Å²) in [5, 5.41) is 12.4. The molecular formula is C16H13ClN2O3S. The van der Waals surface area contributed by atoms with Crippen molar-refractivity contribution in [2.45, 2.75) is 4.90 Å². The zero-order valence-corrected chi connectivity index (χ0v) is 13.7. The van der Waals surface area contributed by atoms with Gasteiger partial charge in [0.1, 0.15) is 11.8 Å². The number of methoxy groups -OCH3 is 1. The van der Waals surface area contributed by atoms with Crippen LogP contribution in [0.5, 0.6) is 5.75 Å². The number of nitrogens with one attached hydrogen (secondary N) is 1. The van der Waals surface area contributed by atoms with E-state index in [-0.39, 0.29) is 4.90 Å². The molecule has 0 radical (unpaired) electrons. The molecular weight excluding hydrogens is 336 g/mol. The van der Waals surface area contributed by atoms with Crippen LogP contribution >= 0.6 is 11.6 Å². The molecule has 0 fully saturated rings. The Kier molecular flexibility index (Phi) is 5.27. The molecule has 118 valence electrons. The topological polar surface area (TPSA) is 79.2 Å². The van der Waals surface area contributed by atoms with Crippen molar-refractivity contribution in [2.24, 2.45) is 0 Å². The number of sulfone groups is 1. The van der Waals surface area contributed by atoms with Gasteiger partial charge < -0.3 is 10.1 Å². The Bertz CT molecular complexity index is 869. The van der Waals surface area contributed by atoms with E-state index in [1.54, 1.807) is 30.3 Å². The lowest BCUT2D eigenvalue weighted by molar-refractivity contribution is 0.415. The number of hydrogen-bond donors (Lipinski definition) is 1. The van der Waals surface area contributed by atoms with E-state index in [1.807, 2.05) is 0 Å². The maximum absolute atomic E-state index is 12.4. The second-order valence-corrected chi connectivity index (χ2v) is 6.81. The zero-order valence-electron chi connectivity index (χ0n) is 12.2. The van der Waals surface area contributed by atoms with Crippen molar-refractivity contribution >= 4 is 27.1 Å². The molecule has 1 N–H and O–H groups in total. The molecule has 2 aromatic rings. The van der Waals surface area contributed by atoms with Gasteiger partial charge in [-0.15, -0.1) is 0 Å². The Morgan fingerprint density at radius 1 is 1.26 bits per heavy atom. The maximum atomic E-state index is 12.4. The third kappa shape index (κ3) is 4.03. The van der Waals surface area contributed by atoms with Crippen molar-refractivity contribution in [1.29, 1.82) is 5.26 Å². The van der Waals surface area contributed by atoms with Crippen LogP contribution in [0.1, 0.15) is 0 Å². The highest BCUT2D eigenvalue weighted by atomic mass is 35.5. The third-order valence-corrected chi connectivity index (χ3v) is 4.90. The van der Waals surface area contributed by atoms with Gasteiger partial charge >= 0.3 is 0 Å². The number of nitriles is 1. The molecule has 0 saturated heterocycles. The van der Waals surface area contributed by atoms with Crippen LogP contribution in [0.2, 0.25) is 5.02 Å². The summed E-state index contributed by atoms with van der Waals surface area (Å²) in [4.78, 5) is -0.398. The van der Waals surface area contributed by atoms with Crippen LogP contribution in [0, 0.1) is 11.3 Å². The minimum Gasteiger partial charge on any atom is -0.497 e. The summed E-state index contributed by atoms with van der Waals surface area (Å²) in [6.45, 7) is 0. The minimum atomic E-state index is -3.91. The molecule has 2 rings (SSSR count). The lowest BCUT2D eigenvalue weighted by Crippen LogP contribution is -2.05. The van der Waals surface area contributed by atoms with Gasteiger partial charge in [-0.05, 0) is 36.4 Å². The molecule has 0 aliphatic carbocycles. The van der Waals surface area contributed by atoms with Crippen molar-refractivity contribution < 1.29 is 13.2 Å². The summed E-state index contributed by atoms with van der Waals surface area (Å²) in [5.41, 5.74) is 0.600. The van der Waals surface area contributed by atoms with E-state index in [2.05, 4.69) is 5.32 Å². The monoisotopic (exact) mass is 348 g/mol. The van der Waals surface area contributed by atoms with E-state index in [1.165, 1.54) is 31.4 Å². The average Bonchev–Trinajstić information content (AvgIpc) is 2.56. The van der Waals surface area contributed by atoms with Crippen molar-refractivity contribution in [1.82, 2.24) is 0 Å². The van der Waals surface area contributed by atoms with Gasteiger partial charge in [-0.1, -0.05) is 17.7 Å². The Balaban J connectivity index is 2.31. The van der Waals surface area contributed by atoms with E-state index >= 15 is 0 Å². The van der Waals surface area contributed by atoms with E-state index in [0.717, 1.165) is 6.20 Å². The van der Waals surface area contributed by atoms with Gasteiger partial charge in [0.2, 0.25) is 9.84 Å². The first-order valence-corrected chi connectivity index (χ1v) is 8.35. The molecule has 0 aromatic heterocycles. The average molecular weight is 349 g/mol. The van der Waals surface area contributed by atoms with Crippen molar-refractivity contribution in [3.63, 3.8) is 0 Å². The standard InChI is InChI=1S/C16H13ClN2O3S/c1-22-14-4-2-3-13(9-14)19-11-16(10-18)23(20,21)15-7-5-12(17)6-8-15/h2-9,11,19H,1H3/b16-11-. The van der Waals surface area contributed by atoms with Crippen LogP contribution in [-0.4, -0.2) is 15.5 Å². The highest BCUT2D eigenvalue weighted by Gasteiger charge is 2.20. The number of hydrogen-bond acceptors (Lipinski definition) is 5. The fourth-order valence-corrected chi connectivity index (χ4v) is 2.98. The zero-order chi connectivity index (χ0) is 16.9. The van der Waals surface area contributed by atoms with Crippen LogP contribution in [0.15, 0.2) is 64.5 Å². The van der Waals surface area contributed by atoms with Gasteiger partial charge in [0, 0.05) is 23.0 Å². The molecule has 0 amide bonds. The van der Waals surface area contributed by atoms with Crippen LogP contribution < -0.4 is 10.1 Å². The number of halogens is 1. The number of benzene rings is 2. The van der Waals surface area contributed by atoms with Crippen molar-refractivity contribution in [3.8, 4) is 11.8 Å². The normalized spacial score (nSPS) is 11.6. The molecule has 0 atom stereocenters. The van der Waals surface area contributed by atoms with Crippen LogP contribution in [0.3, 0.4) is 0 Å². The van der Waals surface area contributed by atoms with Gasteiger partial charge in [0.15, 0.2) is 4.91 Å². The molecule has 2 aromatic carbocycles. The van der Waals surface area contributed by atoms with E-state index < -0.39 is 14.7 Å². The number of rotatable bonds is 5. The van der Waals surface area contributed by atoms with Crippen molar-refractivity contribution in [2.75, 3.05) is 12.4 Å². The highest BCUT2D eigenvalue weighted by molar-refractivity contribution is 7.95. The number of anilines is 1. The lowest BCUT2D eigenvalue weighted by atomic mass is 10.3. The summed E-state index contributed by atoms with van der Waals surface area (Å²) < 4.78 is 29.9. The maximum Gasteiger partial charge on any atom is 0.218 e. The molecule has 0 unspecified atom stereocenters. The Labute approximate surface area is 139 Å². The first-order valence-electron chi connectivity index (χ1n) is 6.49. The molecule has 7 heteroatoms. The third-order valence-electron chi connectivity index (χ3n) is 2.96.